The Kier molecular flexibility index (Phi) is 17.3. The summed E-state index contributed by atoms with van der Waals surface area (Å²) < 4.78 is 0. The van der Waals surface area contributed by atoms with Crippen LogP contribution in [0.4, 0.5) is 11.4 Å². The van der Waals surface area contributed by atoms with Crippen molar-refractivity contribution in [1.82, 2.24) is 4.98 Å². The van der Waals surface area contributed by atoms with Gasteiger partial charge in [0.25, 0.3) is 0 Å². The Morgan fingerprint density at radius 1 is 0.667 bits per heavy atom. The predicted octanol–water partition coefficient (Wildman–Crippen LogP) is 4.59. The number of benzene rings is 2. The molecule has 42 heavy (non-hydrogen) atoms. The SMILES string of the molecule is C=CCc1cc(C(C)C)c(/N=C(/C)c2cccc(/C(C)=N/c3c(C(C)C)cccc3C(C)C)n2)c(C(C)C)c1.[Br-].[Br-].[Fe+2]. The first kappa shape index (κ1) is 40.1. The van der Waals surface area contributed by atoms with E-state index in [-0.39, 0.29) is 51.0 Å². The summed E-state index contributed by atoms with van der Waals surface area (Å²) in [6, 6.07) is 17.3. The van der Waals surface area contributed by atoms with E-state index in [4.69, 9.17) is 15.0 Å². The first-order chi connectivity index (χ1) is 18.4. The third-order valence-corrected chi connectivity index (χ3v) is 7.24. The number of aliphatic imine (C=N–C) groups is 2. The Hall–Kier alpha value is -1.85. The van der Waals surface area contributed by atoms with Crippen LogP contribution in [0, 0.1) is 0 Å². The Labute approximate surface area is 286 Å². The molecule has 0 saturated heterocycles. The van der Waals surface area contributed by atoms with Crippen molar-refractivity contribution in [3.63, 3.8) is 0 Å². The number of hydrogen-bond donors (Lipinski definition) is 0. The molecule has 0 bridgehead atoms. The molecule has 0 aliphatic rings. The molecule has 0 atom stereocenters. The number of allylic oxidation sites excluding steroid dienone is 1. The van der Waals surface area contributed by atoms with Crippen LogP contribution < -0.4 is 34.0 Å². The van der Waals surface area contributed by atoms with Crippen LogP contribution in [0.1, 0.15) is 132 Å². The van der Waals surface area contributed by atoms with E-state index >= 15 is 0 Å². The van der Waals surface area contributed by atoms with Crippen LogP contribution in [0.25, 0.3) is 0 Å². The summed E-state index contributed by atoms with van der Waals surface area (Å²) in [5.41, 5.74) is 12.1. The average molecular weight is 737 g/mol. The summed E-state index contributed by atoms with van der Waals surface area (Å²) in [7, 11) is 0. The molecule has 0 radical (unpaired) electrons. The fourth-order valence-corrected chi connectivity index (χ4v) is 4.97. The van der Waals surface area contributed by atoms with Gasteiger partial charge in [-0.15, -0.1) is 6.58 Å². The molecule has 0 saturated carbocycles. The minimum Gasteiger partial charge on any atom is -1.00 e. The summed E-state index contributed by atoms with van der Waals surface area (Å²) in [5, 5.41) is 0. The molecule has 3 aromatic rings. The molecule has 1 heterocycles. The van der Waals surface area contributed by atoms with Crippen molar-refractivity contribution < 1.29 is 51.0 Å². The van der Waals surface area contributed by atoms with Crippen LogP contribution in [0.2, 0.25) is 0 Å². The van der Waals surface area contributed by atoms with E-state index in [0.29, 0.717) is 23.7 Å². The Bertz CT molecular complexity index is 1330. The maximum absolute atomic E-state index is 5.22. The van der Waals surface area contributed by atoms with Gasteiger partial charge in [-0.25, -0.2) is 4.98 Å². The first-order valence-corrected chi connectivity index (χ1v) is 14.4. The summed E-state index contributed by atoms with van der Waals surface area (Å²) >= 11 is 0. The minimum absolute atomic E-state index is 0. The number of para-hydroxylation sites is 1. The largest absolute Gasteiger partial charge is 2.00 e. The molecule has 0 fully saturated rings. The van der Waals surface area contributed by atoms with E-state index < -0.39 is 0 Å². The van der Waals surface area contributed by atoms with E-state index in [2.05, 4.69) is 112 Å². The zero-order chi connectivity index (χ0) is 28.9. The van der Waals surface area contributed by atoms with E-state index in [1.165, 1.54) is 27.8 Å². The van der Waals surface area contributed by atoms with Crippen molar-refractivity contribution in [2.45, 2.75) is 99.3 Å². The fraction of sp³-hybridized carbons (Fsp3) is 0.417. The van der Waals surface area contributed by atoms with Crippen molar-refractivity contribution in [3.8, 4) is 0 Å². The van der Waals surface area contributed by atoms with Crippen molar-refractivity contribution in [3.05, 3.63) is 100 Å². The summed E-state index contributed by atoms with van der Waals surface area (Å²) in [5.74, 6) is 1.52. The molecule has 0 spiro atoms. The molecule has 0 N–H and O–H groups in total. The van der Waals surface area contributed by atoms with Crippen LogP contribution in [0.5, 0.6) is 0 Å². The average Bonchev–Trinajstić information content (AvgIpc) is 2.88. The molecule has 2 aromatic carbocycles. The maximum atomic E-state index is 5.22. The molecule has 3 nitrogen and oxygen atoms in total. The van der Waals surface area contributed by atoms with Gasteiger partial charge in [0.05, 0.1) is 34.2 Å². The van der Waals surface area contributed by atoms with Crippen molar-refractivity contribution >= 4 is 22.8 Å². The molecule has 0 amide bonds. The molecular formula is C36H47Br2FeN3. The summed E-state index contributed by atoms with van der Waals surface area (Å²) in [4.78, 5) is 15.4. The van der Waals surface area contributed by atoms with Crippen LogP contribution in [0.3, 0.4) is 0 Å². The number of hydrogen-bond acceptors (Lipinski definition) is 3. The van der Waals surface area contributed by atoms with Crippen LogP contribution in [-0.2, 0) is 23.5 Å². The van der Waals surface area contributed by atoms with E-state index in [1.54, 1.807) is 0 Å². The molecule has 228 valence electrons. The standard InChI is InChI=1S/C36H47N3.2BrH.Fe/c1-12-15-28-20-31(24(6)7)36(32(21-28)25(8)9)38-27(11)34-19-14-18-33(39-34)26(10)37-35-29(22(2)3)16-13-17-30(35)23(4)5;;;/h12-14,16-25H,1,15H2,2-11H3;2*1H;/q;;;+2/p-2/b37-26+,38-27-;;;. The monoisotopic (exact) mass is 735 g/mol. The third kappa shape index (κ3) is 9.84. The second kappa shape index (κ2) is 18.1. The smallest absolute Gasteiger partial charge is 1.00 e. The van der Waals surface area contributed by atoms with E-state index in [0.717, 1.165) is 40.6 Å². The van der Waals surface area contributed by atoms with Gasteiger partial charge in [0.1, 0.15) is 0 Å². The summed E-state index contributed by atoms with van der Waals surface area (Å²) in [6.07, 6.45) is 2.84. The van der Waals surface area contributed by atoms with Gasteiger partial charge in [0.2, 0.25) is 0 Å². The van der Waals surface area contributed by atoms with Gasteiger partial charge < -0.3 is 34.0 Å². The maximum Gasteiger partial charge on any atom is 2.00 e. The van der Waals surface area contributed by atoms with Gasteiger partial charge in [0.15, 0.2) is 0 Å². The topological polar surface area (TPSA) is 37.6 Å². The van der Waals surface area contributed by atoms with Gasteiger partial charge in [-0.1, -0.05) is 97.9 Å². The fourth-order valence-electron chi connectivity index (χ4n) is 4.97. The number of rotatable bonds is 10. The zero-order valence-electron chi connectivity index (χ0n) is 26.9. The second-order valence-corrected chi connectivity index (χ2v) is 11.8. The molecule has 0 aliphatic heterocycles. The molecule has 0 unspecified atom stereocenters. The van der Waals surface area contributed by atoms with Gasteiger partial charge in [-0.05, 0) is 83.9 Å². The summed E-state index contributed by atoms with van der Waals surface area (Å²) in [6.45, 7) is 26.0. The molecule has 1 aromatic heterocycles. The number of halogens is 2. The zero-order valence-corrected chi connectivity index (χ0v) is 31.1. The molecule has 3 rings (SSSR count). The molecular weight excluding hydrogens is 690 g/mol. The van der Waals surface area contributed by atoms with Crippen LogP contribution in [-0.4, -0.2) is 16.4 Å². The third-order valence-electron chi connectivity index (χ3n) is 7.24. The number of aromatic nitrogens is 1. The molecule has 0 aliphatic carbocycles. The van der Waals surface area contributed by atoms with Crippen molar-refractivity contribution in [2.75, 3.05) is 0 Å². The normalized spacial score (nSPS) is 11.9. The van der Waals surface area contributed by atoms with Crippen molar-refractivity contribution in [1.29, 1.82) is 0 Å². The van der Waals surface area contributed by atoms with E-state index in [9.17, 15) is 0 Å². The second-order valence-electron chi connectivity index (χ2n) is 11.8. The number of pyridine rings is 1. The van der Waals surface area contributed by atoms with Gasteiger partial charge in [0, 0.05) is 0 Å². The van der Waals surface area contributed by atoms with E-state index in [1.807, 2.05) is 18.2 Å². The Morgan fingerprint density at radius 3 is 1.38 bits per heavy atom. The molecule has 6 heteroatoms. The minimum atomic E-state index is 0. The van der Waals surface area contributed by atoms with Gasteiger partial charge in [-0.2, -0.15) is 0 Å². The van der Waals surface area contributed by atoms with Gasteiger partial charge >= 0.3 is 17.1 Å². The van der Waals surface area contributed by atoms with Gasteiger partial charge in [-0.3, -0.25) is 9.98 Å². The first-order valence-electron chi connectivity index (χ1n) is 14.4. The number of nitrogens with zero attached hydrogens (tertiary/aromatic N) is 3. The van der Waals surface area contributed by atoms with Crippen LogP contribution >= 0.6 is 0 Å². The predicted molar refractivity (Wildman–Crippen MR) is 171 cm³/mol. The van der Waals surface area contributed by atoms with Crippen molar-refractivity contribution in [2.24, 2.45) is 9.98 Å². The Morgan fingerprint density at radius 2 is 1.02 bits per heavy atom. The Balaban J connectivity index is 0.00000560. The van der Waals surface area contributed by atoms with Crippen LogP contribution in [0.15, 0.2) is 71.2 Å². The quantitative estimate of drug-likeness (QED) is 0.171.